The first-order valence-electron chi connectivity index (χ1n) is 7.27. The fraction of sp³-hybridized carbons (Fsp3) is 0.235. The lowest BCUT2D eigenvalue weighted by Gasteiger charge is -2.17. The van der Waals surface area contributed by atoms with Crippen LogP contribution in [0.25, 0.3) is 10.2 Å². The fourth-order valence-corrected chi connectivity index (χ4v) is 3.39. The molecule has 3 rings (SSSR count). The number of aromatic nitrogens is 2. The topological polar surface area (TPSA) is 66.3 Å². The first-order valence-corrected chi connectivity index (χ1v) is 8.08. The highest BCUT2D eigenvalue weighted by Gasteiger charge is 2.16. The SMILES string of the molecule is Cc1cc2c(N(C)CC(=O)O)nc(Cc3ccccc3)nc2s1. The van der Waals surface area contributed by atoms with Gasteiger partial charge in [-0.15, -0.1) is 11.3 Å². The van der Waals surface area contributed by atoms with E-state index < -0.39 is 5.97 Å². The molecule has 2 heterocycles. The highest BCUT2D eigenvalue weighted by Crippen LogP contribution is 2.30. The van der Waals surface area contributed by atoms with Gasteiger partial charge in [-0.25, -0.2) is 9.97 Å². The molecule has 0 spiro atoms. The summed E-state index contributed by atoms with van der Waals surface area (Å²) in [4.78, 5) is 24.0. The van der Waals surface area contributed by atoms with Crippen molar-refractivity contribution in [2.24, 2.45) is 0 Å². The van der Waals surface area contributed by atoms with Gasteiger partial charge in [0.1, 0.15) is 23.0 Å². The molecular formula is C17H17N3O2S. The molecule has 0 aliphatic heterocycles. The molecule has 5 nitrogen and oxygen atoms in total. The Labute approximate surface area is 138 Å². The van der Waals surface area contributed by atoms with Crippen molar-refractivity contribution < 1.29 is 9.90 Å². The molecule has 6 heteroatoms. The van der Waals surface area contributed by atoms with Gasteiger partial charge in [0.25, 0.3) is 0 Å². The van der Waals surface area contributed by atoms with Crippen molar-refractivity contribution in [3.05, 3.63) is 52.7 Å². The van der Waals surface area contributed by atoms with Gasteiger partial charge < -0.3 is 10.0 Å². The molecule has 0 saturated heterocycles. The number of nitrogens with zero attached hydrogens (tertiary/aromatic N) is 3. The molecule has 0 radical (unpaired) electrons. The third kappa shape index (κ3) is 3.48. The van der Waals surface area contributed by atoms with Gasteiger partial charge >= 0.3 is 5.97 Å². The fourth-order valence-electron chi connectivity index (χ4n) is 2.50. The molecule has 0 bridgehead atoms. The van der Waals surface area contributed by atoms with E-state index in [4.69, 9.17) is 5.11 Å². The quantitative estimate of drug-likeness (QED) is 0.780. The zero-order valence-corrected chi connectivity index (χ0v) is 13.8. The highest BCUT2D eigenvalue weighted by atomic mass is 32.1. The number of carbonyl (C=O) groups is 1. The third-order valence-electron chi connectivity index (χ3n) is 3.48. The van der Waals surface area contributed by atoms with Crippen LogP contribution in [0.4, 0.5) is 5.82 Å². The number of rotatable bonds is 5. The van der Waals surface area contributed by atoms with E-state index in [1.165, 1.54) is 0 Å². The third-order valence-corrected chi connectivity index (χ3v) is 4.43. The number of hydrogen-bond acceptors (Lipinski definition) is 5. The Hall–Kier alpha value is -2.47. The predicted octanol–water partition coefficient (Wildman–Crippen LogP) is 3.11. The summed E-state index contributed by atoms with van der Waals surface area (Å²) in [7, 11) is 1.75. The molecule has 0 atom stereocenters. The Morgan fingerprint density at radius 2 is 2.00 bits per heavy atom. The summed E-state index contributed by atoms with van der Waals surface area (Å²) >= 11 is 1.60. The van der Waals surface area contributed by atoms with Crippen LogP contribution >= 0.6 is 11.3 Å². The molecule has 118 valence electrons. The number of likely N-dealkylation sites (N-methyl/N-ethyl adjacent to an activating group) is 1. The lowest BCUT2D eigenvalue weighted by atomic mass is 10.1. The molecule has 1 N–H and O–H groups in total. The van der Waals surface area contributed by atoms with Crippen molar-refractivity contribution >= 4 is 33.3 Å². The molecule has 0 amide bonds. The summed E-state index contributed by atoms with van der Waals surface area (Å²) in [6.07, 6.45) is 0.627. The normalized spacial score (nSPS) is 10.9. The van der Waals surface area contributed by atoms with E-state index in [2.05, 4.69) is 9.97 Å². The molecule has 0 fully saturated rings. The molecule has 0 saturated carbocycles. The van der Waals surface area contributed by atoms with E-state index >= 15 is 0 Å². The Kier molecular flexibility index (Phi) is 4.25. The molecule has 23 heavy (non-hydrogen) atoms. The van der Waals surface area contributed by atoms with Crippen LogP contribution in [0, 0.1) is 6.92 Å². The molecule has 2 aromatic heterocycles. The Morgan fingerprint density at radius 1 is 1.26 bits per heavy atom. The molecule has 1 aromatic carbocycles. The largest absolute Gasteiger partial charge is 0.480 e. The summed E-state index contributed by atoms with van der Waals surface area (Å²) in [5.41, 5.74) is 1.13. The van der Waals surface area contributed by atoms with Gasteiger partial charge in [0.15, 0.2) is 0 Å². The monoisotopic (exact) mass is 327 g/mol. The summed E-state index contributed by atoms with van der Waals surface area (Å²) in [5.74, 6) is 0.501. The number of benzene rings is 1. The van der Waals surface area contributed by atoms with Crippen LogP contribution in [0.15, 0.2) is 36.4 Å². The number of anilines is 1. The van der Waals surface area contributed by atoms with E-state index in [1.54, 1.807) is 23.3 Å². The van der Waals surface area contributed by atoms with Crippen LogP contribution < -0.4 is 4.90 Å². The predicted molar refractivity (Wildman–Crippen MR) is 92.3 cm³/mol. The second-order valence-electron chi connectivity index (χ2n) is 5.45. The van der Waals surface area contributed by atoms with Crippen LogP contribution in [0.5, 0.6) is 0 Å². The van der Waals surface area contributed by atoms with Crippen LogP contribution in [0.1, 0.15) is 16.3 Å². The van der Waals surface area contributed by atoms with Crippen LogP contribution in [0.3, 0.4) is 0 Å². The summed E-state index contributed by atoms with van der Waals surface area (Å²) in [5, 5.41) is 9.95. The second-order valence-corrected chi connectivity index (χ2v) is 6.69. The van der Waals surface area contributed by atoms with Gasteiger partial charge in [-0.3, -0.25) is 4.79 Å². The summed E-state index contributed by atoms with van der Waals surface area (Å²) in [6.45, 7) is 1.93. The van der Waals surface area contributed by atoms with Crippen molar-refractivity contribution in [3.63, 3.8) is 0 Å². The number of hydrogen-bond donors (Lipinski definition) is 1. The van der Waals surface area contributed by atoms with Crippen LogP contribution in [-0.4, -0.2) is 34.6 Å². The number of carboxylic acid groups (broad SMARTS) is 1. The lowest BCUT2D eigenvalue weighted by molar-refractivity contribution is -0.135. The van der Waals surface area contributed by atoms with Gasteiger partial charge in [-0.2, -0.15) is 0 Å². The second kappa shape index (κ2) is 6.34. The zero-order chi connectivity index (χ0) is 16.4. The Morgan fingerprint density at radius 3 is 2.70 bits per heavy atom. The zero-order valence-electron chi connectivity index (χ0n) is 13.0. The number of aliphatic carboxylic acids is 1. The Balaban J connectivity index is 2.04. The highest BCUT2D eigenvalue weighted by molar-refractivity contribution is 7.18. The average Bonchev–Trinajstić information content (AvgIpc) is 2.86. The van der Waals surface area contributed by atoms with E-state index in [9.17, 15) is 4.79 Å². The summed E-state index contributed by atoms with van der Waals surface area (Å²) < 4.78 is 0. The van der Waals surface area contributed by atoms with Crippen molar-refractivity contribution in [2.75, 3.05) is 18.5 Å². The molecule has 0 unspecified atom stereocenters. The number of aryl methyl sites for hydroxylation is 1. The Bertz CT molecular complexity index is 846. The average molecular weight is 327 g/mol. The maximum absolute atomic E-state index is 11.0. The summed E-state index contributed by atoms with van der Waals surface area (Å²) in [6, 6.07) is 12.0. The number of carboxylic acids is 1. The van der Waals surface area contributed by atoms with E-state index in [0.29, 0.717) is 18.1 Å². The molecule has 0 aliphatic rings. The number of fused-ring (bicyclic) bond motifs is 1. The first-order chi connectivity index (χ1) is 11.0. The maximum atomic E-state index is 11.0. The van der Waals surface area contributed by atoms with Crippen molar-refractivity contribution in [2.45, 2.75) is 13.3 Å². The molecule has 3 aromatic rings. The van der Waals surface area contributed by atoms with E-state index in [1.807, 2.05) is 43.3 Å². The lowest BCUT2D eigenvalue weighted by Crippen LogP contribution is -2.26. The molecular weight excluding hydrogens is 310 g/mol. The minimum Gasteiger partial charge on any atom is -0.480 e. The van der Waals surface area contributed by atoms with Crippen LogP contribution in [0.2, 0.25) is 0 Å². The minimum absolute atomic E-state index is 0.0915. The van der Waals surface area contributed by atoms with Gasteiger partial charge in [-0.05, 0) is 18.6 Å². The molecule has 0 aliphatic carbocycles. The first kappa shape index (κ1) is 15.4. The van der Waals surface area contributed by atoms with Gasteiger partial charge in [0.2, 0.25) is 0 Å². The smallest absolute Gasteiger partial charge is 0.323 e. The van der Waals surface area contributed by atoms with E-state index in [0.717, 1.165) is 20.7 Å². The van der Waals surface area contributed by atoms with Gasteiger partial charge in [0.05, 0.1) is 5.39 Å². The standard InChI is InChI=1S/C17H17N3O2S/c1-11-8-13-16(20(2)10-15(21)22)18-14(19-17(13)23-11)9-12-6-4-3-5-7-12/h3-8H,9-10H2,1-2H3,(H,21,22). The minimum atomic E-state index is -0.879. The van der Waals surface area contributed by atoms with Crippen LogP contribution in [-0.2, 0) is 11.2 Å². The number of thiophene rings is 1. The van der Waals surface area contributed by atoms with Gasteiger partial charge in [-0.1, -0.05) is 30.3 Å². The van der Waals surface area contributed by atoms with E-state index in [-0.39, 0.29) is 6.54 Å². The van der Waals surface area contributed by atoms with Gasteiger partial charge in [0, 0.05) is 18.3 Å². The van der Waals surface area contributed by atoms with Crippen molar-refractivity contribution in [3.8, 4) is 0 Å². The van der Waals surface area contributed by atoms with Crippen molar-refractivity contribution in [1.82, 2.24) is 9.97 Å². The van der Waals surface area contributed by atoms with Crippen molar-refractivity contribution in [1.29, 1.82) is 0 Å². The maximum Gasteiger partial charge on any atom is 0.323 e.